The van der Waals surface area contributed by atoms with E-state index in [1.165, 1.54) is 5.56 Å². The summed E-state index contributed by atoms with van der Waals surface area (Å²) in [6.07, 6.45) is 0. The molecule has 0 aliphatic rings. The Morgan fingerprint density at radius 2 is 2.00 bits per heavy atom. The molecule has 1 aromatic carbocycles. The molecule has 31 heavy (non-hydrogen) atoms. The maximum Gasteiger partial charge on any atom is 0.250 e. The summed E-state index contributed by atoms with van der Waals surface area (Å²) in [5.74, 6) is 0.466. The van der Waals surface area contributed by atoms with Gasteiger partial charge < -0.3 is 14.6 Å². The summed E-state index contributed by atoms with van der Waals surface area (Å²) in [5.41, 5.74) is 5.43. The first kappa shape index (κ1) is 21.0. The van der Waals surface area contributed by atoms with Gasteiger partial charge in [0.05, 0.1) is 35.1 Å². The highest BCUT2D eigenvalue weighted by atomic mass is 32.1. The zero-order valence-electron chi connectivity index (χ0n) is 17.7. The molecule has 0 radical (unpaired) electrons. The summed E-state index contributed by atoms with van der Waals surface area (Å²) in [7, 11) is 0. The van der Waals surface area contributed by atoms with E-state index < -0.39 is 0 Å². The van der Waals surface area contributed by atoms with E-state index in [0.717, 1.165) is 27.5 Å². The first-order chi connectivity index (χ1) is 15.0. The highest BCUT2D eigenvalue weighted by molar-refractivity contribution is 7.13. The Morgan fingerprint density at radius 1 is 1.19 bits per heavy atom. The van der Waals surface area contributed by atoms with Gasteiger partial charge in [-0.05, 0) is 37.8 Å². The molecule has 0 atom stereocenters. The van der Waals surface area contributed by atoms with Gasteiger partial charge in [0, 0.05) is 6.07 Å². The fourth-order valence-electron chi connectivity index (χ4n) is 3.24. The molecule has 0 bridgehead atoms. The van der Waals surface area contributed by atoms with Crippen molar-refractivity contribution in [3.8, 4) is 10.6 Å². The summed E-state index contributed by atoms with van der Waals surface area (Å²) >= 11 is 1.58. The summed E-state index contributed by atoms with van der Waals surface area (Å²) in [5, 5.41) is 13.5. The molecule has 4 aromatic rings. The van der Waals surface area contributed by atoms with Crippen molar-refractivity contribution in [2.24, 2.45) is 0 Å². The number of ether oxygens (including phenoxy) is 1. The number of thiophene rings is 1. The van der Waals surface area contributed by atoms with E-state index in [4.69, 9.17) is 9.26 Å². The second-order valence-electron chi connectivity index (χ2n) is 7.39. The Balaban J connectivity index is 1.31. The molecule has 8 heteroatoms. The first-order valence-corrected chi connectivity index (χ1v) is 10.8. The van der Waals surface area contributed by atoms with E-state index in [-0.39, 0.29) is 19.1 Å². The van der Waals surface area contributed by atoms with Crippen LogP contribution in [-0.2, 0) is 22.7 Å². The standard InChI is InChI=1S/C23H24N4O3S/c1-15-6-8-18(9-7-15)12-27-17(3)23(16(2)25-27)24-22(28)14-29-13-19-11-20(30-26-19)21-5-4-10-31-21/h4-11H,12-14H2,1-3H3,(H,24,28). The van der Waals surface area contributed by atoms with Gasteiger partial charge in [-0.2, -0.15) is 5.10 Å². The normalized spacial score (nSPS) is 11.1. The number of hydrogen-bond acceptors (Lipinski definition) is 6. The van der Waals surface area contributed by atoms with Gasteiger partial charge in [0.2, 0.25) is 5.91 Å². The van der Waals surface area contributed by atoms with Crippen molar-refractivity contribution < 1.29 is 14.1 Å². The van der Waals surface area contributed by atoms with Gasteiger partial charge in [-0.15, -0.1) is 11.3 Å². The minimum atomic E-state index is -0.233. The number of anilines is 1. The quantitative estimate of drug-likeness (QED) is 0.432. The summed E-state index contributed by atoms with van der Waals surface area (Å²) in [6.45, 7) is 6.67. The lowest BCUT2D eigenvalue weighted by Crippen LogP contribution is -2.19. The molecule has 0 aliphatic carbocycles. The Labute approximate surface area is 184 Å². The van der Waals surface area contributed by atoms with Crippen LogP contribution in [0.15, 0.2) is 52.4 Å². The number of carbonyl (C=O) groups excluding carboxylic acids is 1. The third-order valence-corrected chi connectivity index (χ3v) is 5.79. The fraction of sp³-hybridized carbons (Fsp3) is 0.261. The Bertz CT molecular complexity index is 1160. The molecule has 3 heterocycles. The van der Waals surface area contributed by atoms with Crippen LogP contribution in [0.5, 0.6) is 0 Å². The van der Waals surface area contributed by atoms with Crippen molar-refractivity contribution in [1.82, 2.24) is 14.9 Å². The number of nitrogens with zero attached hydrogens (tertiary/aromatic N) is 3. The summed E-state index contributed by atoms with van der Waals surface area (Å²) in [4.78, 5) is 13.4. The smallest absolute Gasteiger partial charge is 0.250 e. The second-order valence-corrected chi connectivity index (χ2v) is 8.34. The van der Waals surface area contributed by atoms with Crippen molar-refractivity contribution >= 4 is 22.9 Å². The highest BCUT2D eigenvalue weighted by Gasteiger charge is 2.15. The molecule has 4 rings (SSSR count). The van der Waals surface area contributed by atoms with Gasteiger partial charge in [-0.1, -0.05) is 41.1 Å². The molecule has 0 unspecified atom stereocenters. The maximum absolute atomic E-state index is 12.4. The fourth-order valence-corrected chi connectivity index (χ4v) is 3.91. The van der Waals surface area contributed by atoms with Crippen molar-refractivity contribution in [1.29, 1.82) is 0 Å². The van der Waals surface area contributed by atoms with E-state index in [1.807, 2.05) is 42.1 Å². The van der Waals surface area contributed by atoms with Gasteiger partial charge in [0.1, 0.15) is 12.3 Å². The van der Waals surface area contributed by atoms with E-state index in [9.17, 15) is 4.79 Å². The van der Waals surface area contributed by atoms with Gasteiger partial charge in [0.25, 0.3) is 0 Å². The third-order valence-electron chi connectivity index (χ3n) is 4.90. The van der Waals surface area contributed by atoms with Crippen LogP contribution >= 0.6 is 11.3 Å². The molecule has 1 amide bonds. The largest absolute Gasteiger partial charge is 0.365 e. The van der Waals surface area contributed by atoms with Gasteiger partial charge in [-0.3, -0.25) is 9.48 Å². The van der Waals surface area contributed by atoms with E-state index in [2.05, 4.69) is 46.8 Å². The molecule has 0 aliphatic heterocycles. The molecular formula is C23H24N4O3S. The zero-order valence-corrected chi connectivity index (χ0v) is 18.5. The topological polar surface area (TPSA) is 82.2 Å². The van der Waals surface area contributed by atoms with Crippen LogP contribution in [0.3, 0.4) is 0 Å². The Kier molecular flexibility index (Phi) is 6.29. The monoisotopic (exact) mass is 436 g/mol. The lowest BCUT2D eigenvalue weighted by molar-refractivity contribution is -0.121. The zero-order chi connectivity index (χ0) is 21.8. The molecule has 0 fully saturated rings. The van der Waals surface area contributed by atoms with E-state index in [0.29, 0.717) is 18.0 Å². The number of aromatic nitrogens is 3. The van der Waals surface area contributed by atoms with Gasteiger partial charge in [0.15, 0.2) is 5.76 Å². The van der Waals surface area contributed by atoms with E-state index in [1.54, 1.807) is 11.3 Å². The average Bonchev–Trinajstić information content (AvgIpc) is 3.48. The van der Waals surface area contributed by atoms with Crippen molar-refractivity contribution in [3.05, 3.63) is 76.1 Å². The minimum Gasteiger partial charge on any atom is -0.365 e. The minimum absolute atomic E-state index is 0.0801. The highest BCUT2D eigenvalue weighted by Crippen LogP contribution is 2.25. The molecule has 7 nitrogen and oxygen atoms in total. The molecule has 3 aromatic heterocycles. The number of aryl methyl sites for hydroxylation is 2. The summed E-state index contributed by atoms with van der Waals surface area (Å²) in [6, 6.07) is 14.1. The number of hydrogen-bond donors (Lipinski definition) is 1. The lowest BCUT2D eigenvalue weighted by atomic mass is 10.1. The predicted molar refractivity (Wildman–Crippen MR) is 120 cm³/mol. The van der Waals surface area contributed by atoms with Crippen LogP contribution in [0.1, 0.15) is 28.2 Å². The van der Waals surface area contributed by atoms with Crippen LogP contribution in [0.2, 0.25) is 0 Å². The lowest BCUT2D eigenvalue weighted by Gasteiger charge is -2.08. The number of rotatable bonds is 8. The van der Waals surface area contributed by atoms with Crippen molar-refractivity contribution in [2.45, 2.75) is 33.9 Å². The molecule has 0 saturated heterocycles. The number of carbonyl (C=O) groups is 1. The predicted octanol–water partition coefficient (Wildman–Crippen LogP) is 4.73. The SMILES string of the molecule is Cc1ccc(Cn2nc(C)c(NC(=O)COCc3cc(-c4cccs4)on3)c2C)cc1. The van der Waals surface area contributed by atoms with Crippen molar-refractivity contribution in [3.63, 3.8) is 0 Å². The van der Waals surface area contributed by atoms with Gasteiger partial charge >= 0.3 is 0 Å². The maximum atomic E-state index is 12.4. The third kappa shape index (κ3) is 5.10. The molecule has 0 saturated carbocycles. The molecule has 0 spiro atoms. The van der Waals surface area contributed by atoms with Crippen molar-refractivity contribution in [2.75, 3.05) is 11.9 Å². The van der Waals surface area contributed by atoms with E-state index >= 15 is 0 Å². The van der Waals surface area contributed by atoms with Crippen LogP contribution in [0.4, 0.5) is 5.69 Å². The summed E-state index contributed by atoms with van der Waals surface area (Å²) < 4.78 is 12.7. The first-order valence-electron chi connectivity index (χ1n) is 9.96. The van der Waals surface area contributed by atoms with Crippen LogP contribution < -0.4 is 5.32 Å². The van der Waals surface area contributed by atoms with Crippen LogP contribution in [-0.4, -0.2) is 27.5 Å². The molecule has 1 N–H and O–H groups in total. The van der Waals surface area contributed by atoms with Crippen LogP contribution in [0.25, 0.3) is 10.6 Å². The molecule has 160 valence electrons. The number of benzene rings is 1. The number of nitrogens with one attached hydrogen (secondary N) is 1. The number of amides is 1. The second kappa shape index (κ2) is 9.28. The Morgan fingerprint density at radius 3 is 2.74 bits per heavy atom. The Hall–Kier alpha value is -3.23. The van der Waals surface area contributed by atoms with Crippen LogP contribution in [0, 0.1) is 20.8 Å². The molecular weight excluding hydrogens is 412 g/mol. The van der Waals surface area contributed by atoms with Gasteiger partial charge in [-0.25, -0.2) is 0 Å². The average molecular weight is 437 g/mol.